The number of fused-ring (bicyclic) bond motifs is 1. The smallest absolute Gasteiger partial charge is 0.203 e. The summed E-state index contributed by atoms with van der Waals surface area (Å²) in [5, 5.41) is 1.88. The second kappa shape index (κ2) is 3.71. The zero-order valence-electron chi connectivity index (χ0n) is 7.63. The monoisotopic (exact) mass is 223 g/mol. The van der Waals surface area contributed by atoms with Gasteiger partial charge in [-0.15, -0.1) is 11.3 Å². The minimum Gasteiger partial charge on any atom is -0.290 e. The zero-order valence-corrected chi connectivity index (χ0v) is 9.21. The molecule has 0 aliphatic rings. The maximum absolute atomic E-state index is 10.3. The van der Waals surface area contributed by atoms with Crippen LogP contribution in [0.5, 0.6) is 0 Å². The van der Waals surface area contributed by atoms with Crippen LogP contribution in [-0.2, 0) is 11.2 Å². The summed E-state index contributed by atoms with van der Waals surface area (Å²) in [5.41, 5.74) is 1.15. The van der Waals surface area contributed by atoms with E-state index in [0.29, 0.717) is 6.42 Å². The van der Waals surface area contributed by atoms with E-state index in [9.17, 15) is 4.79 Å². The first-order chi connectivity index (χ1) is 6.72. The Hall–Kier alpha value is -0.860. The summed E-state index contributed by atoms with van der Waals surface area (Å²) >= 11 is 7.54. The molecule has 3 heteroatoms. The predicted molar refractivity (Wildman–Crippen MR) is 61.0 cm³/mol. The molecule has 1 aromatic heterocycles. The van der Waals surface area contributed by atoms with Gasteiger partial charge in [0.1, 0.15) is 0 Å². The van der Waals surface area contributed by atoms with Crippen LogP contribution in [0, 0.1) is 6.92 Å². The van der Waals surface area contributed by atoms with Gasteiger partial charge in [0.15, 0.2) is 0 Å². The van der Waals surface area contributed by atoms with Crippen molar-refractivity contribution in [2.75, 3.05) is 0 Å². The van der Waals surface area contributed by atoms with Gasteiger partial charge >= 0.3 is 0 Å². The molecule has 0 aliphatic carbocycles. The summed E-state index contributed by atoms with van der Waals surface area (Å²) in [6.07, 6.45) is 2.31. The Morgan fingerprint density at radius 1 is 1.50 bits per heavy atom. The van der Waals surface area contributed by atoms with Gasteiger partial charge in [-0.2, -0.15) is 0 Å². The fraction of sp³-hybridized carbons (Fsp3) is 0.182. The average Bonchev–Trinajstić information content (AvgIpc) is 2.46. The van der Waals surface area contributed by atoms with Gasteiger partial charge in [-0.25, -0.2) is 0 Å². The van der Waals surface area contributed by atoms with E-state index in [-0.39, 0.29) is 0 Å². The molecule has 0 saturated carbocycles. The Bertz CT molecular complexity index is 487. The number of benzene rings is 1. The third kappa shape index (κ3) is 1.56. The fourth-order valence-corrected chi connectivity index (χ4v) is 2.77. The van der Waals surface area contributed by atoms with E-state index in [1.165, 1.54) is 4.70 Å². The molecule has 71 valence electrons. The normalized spacial score (nSPS) is 10.7. The quantitative estimate of drug-likeness (QED) is 0.762. The van der Waals surface area contributed by atoms with Crippen LogP contribution in [0.4, 0.5) is 0 Å². The molecular formula is C11H8ClOS. The minimum absolute atomic E-state index is 0.378. The van der Waals surface area contributed by atoms with Gasteiger partial charge in [-0.05, 0) is 36.1 Å². The molecule has 1 aromatic carbocycles. The van der Waals surface area contributed by atoms with Crippen molar-refractivity contribution in [3.63, 3.8) is 0 Å². The standard InChI is InChI=1S/C11H8ClOS/c1-7-9-6-8(12)2-3-11(9)14-10(7)4-5-13/h2-3,6H,4H2,1H3. The van der Waals surface area contributed by atoms with E-state index in [2.05, 4.69) is 0 Å². The number of aryl methyl sites for hydroxylation is 1. The minimum atomic E-state index is 0.378. The maximum Gasteiger partial charge on any atom is 0.203 e. The first-order valence-corrected chi connectivity index (χ1v) is 5.44. The molecule has 0 bridgehead atoms. The first-order valence-electron chi connectivity index (χ1n) is 4.25. The molecule has 0 spiro atoms. The van der Waals surface area contributed by atoms with Crippen LogP contribution >= 0.6 is 22.9 Å². The Balaban J connectivity index is 2.67. The van der Waals surface area contributed by atoms with E-state index in [1.807, 2.05) is 31.4 Å². The van der Waals surface area contributed by atoms with Gasteiger partial charge in [0.2, 0.25) is 6.29 Å². The van der Waals surface area contributed by atoms with E-state index in [1.54, 1.807) is 11.3 Å². The molecule has 0 fully saturated rings. The van der Waals surface area contributed by atoms with Gasteiger partial charge in [-0.3, -0.25) is 4.79 Å². The molecule has 0 saturated heterocycles. The van der Waals surface area contributed by atoms with Gasteiger partial charge in [0.25, 0.3) is 0 Å². The molecule has 2 aromatic rings. The predicted octanol–water partition coefficient (Wildman–Crippen LogP) is 3.52. The van der Waals surface area contributed by atoms with Crippen molar-refractivity contribution in [3.8, 4) is 0 Å². The van der Waals surface area contributed by atoms with Crippen molar-refractivity contribution in [1.29, 1.82) is 0 Å². The van der Waals surface area contributed by atoms with Crippen LogP contribution in [0.1, 0.15) is 10.4 Å². The second-order valence-electron chi connectivity index (χ2n) is 3.11. The lowest BCUT2D eigenvalue weighted by atomic mass is 10.1. The summed E-state index contributed by atoms with van der Waals surface area (Å²) in [6.45, 7) is 2.02. The van der Waals surface area contributed by atoms with Crippen LogP contribution in [0.3, 0.4) is 0 Å². The highest BCUT2D eigenvalue weighted by atomic mass is 35.5. The molecule has 0 N–H and O–H groups in total. The van der Waals surface area contributed by atoms with E-state index < -0.39 is 0 Å². The molecule has 2 rings (SSSR count). The number of halogens is 1. The average molecular weight is 224 g/mol. The van der Waals surface area contributed by atoms with Crippen molar-refractivity contribution in [2.24, 2.45) is 0 Å². The fourth-order valence-electron chi connectivity index (χ4n) is 1.48. The van der Waals surface area contributed by atoms with Crippen LogP contribution in [0.2, 0.25) is 5.02 Å². The molecule has 14 heavy (non-hydrogen) atoms. The number of thiophene rings is 1. The summed E-state index contributed by atoms with van der Waals surface area (Å²) in [7, 11) is 0. The lowest BCUT2D eigenvalue weighted by molar-refractivity contribution is 0.555. The van der Waals surface area contributed by atoms with E-state index >= 15 is 0 Å². The van der Waals surface area contributed by atoms with Crippen LogP contribution in [-0.4, -0.2) is 6.29 Å². The Morgan fingerprint density at radius 2 is 2.29 bits per heavy atom. The summed E-state index contributed by atoms with van der Waals surface area (Å²) in [6, 6.07) is 5.80. The lowest BCUT2D eigenvalue weighted by Crippen LogP contribution is -1.82. The Labute approximate surface area is 91.3 Å². The summed E-state index contributed by atoms with van der Waals surface area (Å²) in [4.78, 5) is 11.4. The molecule has 1 heterocycles. The van der Waals surface area contributed by atoms with E-state index in [4.69, 9.17) is 11.6 Å². The molecule has 1 radical (unpaired) electrons. The van der Waals surface area contributed by atoms with Gasteiger partial charge in [0, 0.05) is 21.0 Å². The van der Waals surface area contributed by atoms with Gasteiger partial charge in [-0.1, -0.05) is 11.6 Å². The topological polar surface area (TPSA) is 17.1 Å². The lowest BCUT2D eigenvalue weighted by Gasteiger charge is -1.93. The van der Waals surface area contributed by atoms with Gasteiger partial charge < -0.3 is 0 Å². The number of carbonyl (C=O) groups excluding carboxylic acids is 1. The van der Waals surface area contributed by atoms with Gasteiger partial charge in [0.05, 0.1) is 0 Å². The number of rotatable bonds is 2. The summed E-state index contributed by atoms with van der Waals surface area (Å²) < 4.78 is 1.18. The Kier molecular flexibility index (Phi) is 2.57. The number of hydrogen-bond donors (Lipinski definition) is 0. The van der Waals surface area contributed by atoms with Crippen molar-refractivity contribution >= 4 is 39.3 Å². The third-order valence-corrected chi connectivity index (χ3v) is 3.74. The summed E-state index contributed by atoms with van der Waals surface area (Å²) in [5.74, 6) is 0. The zero-order chi connectivity index (χ0) is 10.1. The highest BCUT2D eigenvalue weighted by Crippen LogP contribution is 2.32. The highest BCUT2D eigenvalue weighted by molar-refractivity contribution is 7.19. The first kappa shape index (κ1) is 9.69. The molecule has 0 amide bonds. The van der Waals surface area contributed by atoms with Crippen LogP contribution in [0.25, 0.3) is 10.1 Å². The van der Waals surface area contributed by atoms with Crippen molar-refractivity contribution in [2.45, 2.75) is 13.3 Å². The van der Waals surface area contributed by atoms with E-state index in [0.717, 1.165) is 20.8 Å². The molecule has 1 nitrogen and oxygen atoms in total. The molecule has 0 aliphatic heterocycles. The van der Waals surface area contributed by atoms with Crippen molar-refractivity contribution in [1.82, 2.24) is 0 Å². The second-order valence-corrected chi connectivity index (χ2v) is 4.69. The third-order valence-electron chi connectivity index (χ3n) is 2.23. The highest BCUT2D eigenvalue weighted by Gasteiger charge is 2.08. The van der Waals surface area contributed by atoms with Crippen LogP contribution in [0.15, 0.2) is 18.2 Å². The molecule has 0 unspecified atom stereocenters. The largest absolute Gasteiger partial charge is 0.290 e. The van der Waals surface area contributed by atoms with Crippen LogP contribution < -0.4 is 0 Å². The molecular weight excluding hydrogens is 216 g/mol. The SMILES string of the molecule is Cc1c(C[C]=O)sc2ccc(Cl)cc12. The number of hydrogen-bond acceptors (Lipinski definition) is 2. The Morgan fingerprint density at radius 3 is 3.00 bits per heavy atom. The molecule has 0 atom stereocenters. The van der Waals surface area contributed by atoms with Crippen molar-refractivity contribution < 1.29 is 4.79 Å². The maximum atomic E-state index is 10.3. The van der Waals surface area contributed by atoms with Crippen molar-refractivity contribution in [3.05, 3.63) is 33.7 Å².